The lowest BCUT2D eigenvalue weighted by molar-refractivity contribution is 0.0477. The number of alkyl carbamates (subject to hydrolysis) is 1. The number of hydrogen-bond donors (Lipinski definition) is 1. The molecule has 0 atom stereocenters. The molecule has 2 aromatic rings. The van der Waals surface area contributed by atoms with Gasteiger partial charge in [0, 0.05) is 0 Å². The minimum atomic E-state index is -0.498. The molecule has 0 heterocycles. The fourth-order valence-corrected chi connectivity index (χ4v) is 3.13. The molecule has 0 saturated heterocycles. The summed E-state index contributed by atoms with van der Waals surface area (Å²) >= 11 is 3.62. The van der Waals surface area contributed by atoms with Gasteiger partial charge < -0.3 is 14.8 Å². The van der Waals surface area contributed by atoms with Crippen LogP contribution in [0.1, 0.15) is 33.6 Å². The molecule has 0 aliphatic heterocycles. The van der Waals surface area contributed by atoms with E-state index in [0.29, 0.717) is 6.61 Å². The van der Waals surface area contributed by atoms with Crippen LogP contribution >= 0.6 is 15.9 Å². The highest BCUT2D eigenvalue weighted by molar-refractivity contribution is 9.10. The fourth-order valence-electron chi connectivity index (χ4n) is 2.52. The predicted molar refractivity (Wildman–Crippen MR) is 98.5 cm³/mol. The summed E-state index contributed by atoms with van der Waals surface area (Å²) in [7, 11) is 0. The minimum absolute atomic E-state index is 0.312. The highest BCUT2D eigenvalue weighted by Crippen LogP contribution is 2.38. The molecule has 1 fully saturated rings. The summed E-state index contributed by atoms with van der Waals surface area (Å²) in [5, 5.41) is 5.22. The third-order valence-corrected chi connectivity index (χ3v) is 4.77. The Bertz CT molecular complexity index is 763. The smallest absolute Gasteiger partial charge is 0.408 e. The monoisotopic (exact) mass is 391 g/mol. The van der Waals surface area contributed by atoms with Crippen molar-refractivity contribution in [3.8, 4) is 5.75 Å². The molecule has 1 aliphatic rings. The molecule has 4 nitrogen and oxygen atoms in total. The van der Waals surface area contributed by atoms with Gasteiger partial charge in [0.2, 0.25) is 0 Å². The van der Waals surface area contributed by atoms with Gasteiger partial charge in [-0.2, -0.15) is 0 Å². The van der Waals surface area contributed by atoms with E-state index in [1.54, 1.807) is 0 Å². The Morgan fingerprint density at radius 2 is 1.92 bits per heavy atom. The van der Waals surface area contributed by atoms with Crippen LogP contribution in [-0.4, -0.2) is 23.8 Å². The van der Waals surface area contributed by atoms with Gasteiger partial charge in [0.25, 0.3) is 0 Å². The van der Waals surface area contributed by atoms with Gasteiger partial charge in [-0.15, -0.1) is 0 Å². The zero-order valence-electron chi connectivity index (χ0n) is 14.2. The normalized spacial score (nSPS) is 15.8. The fraction of sp³-hybridized carbons (Fsp3) is 0.421. The van der Waals surface area contributed by atoms with Crippen molar-refractivity contribution in [3.05, 3.63) is 40.9 Å². The summed E-state index contributed by atoms with van der Waals surface area (Å²) in [6.45, 7) is 6.00. The zero-order valence-corrected chi connectivity index (χ0v) is 15.8. The average Bonchev–Trinajstić information content (AvgIpc) is 3.24. The van der Waals surface area contributed by atoms with Crippen LogP contribution in [-0.2, 0) is 4.74 Å². The maximum Gasteiger partial charge on any atom is 0.408 e. The van der Waals surface area contributed by atoms with Crippen molar-refractivity contribution >= 4 is 32.8 Å². The number of halogens is 1. The summed E-state index contributed by atoms with van der Waals surface area (Å²) < 4.78 is 12.3. The second-order valence-electron chi connectivity index (χ2n) is 7.29. The molecular weight excluding hydrogens is 370 g/mol. The van der Waals surface area contributed by atoms with Gasteiger partial charge in [0.15, 0.2) is 0 Å². The van der Waals surface area contributed by atoms with Crippen LogP contribution in [0.3, 0.4) is 0 Å². The van der Waals surface area contributed by atoms with E-state index in [4.69, 9.17) is 9.47 Å². The largest absolute Gasteiger partial charge is 0.490 e. The highest BCUT2D eigenvalue weighted by Gasteiger charge is 2.46. The van der Waals surface area contributed by atoms with Gasteiger partial charge in [0.05, 0.1) is 10.0 Å². The molecule has 1 saturated carbocycles. The van der Waals surface area contributed by atoms with Gasteiger partial charge in [-0.3, -0.25) is 0 Å². The Kier molecular flexibility index (Phi) is 4.47. The van der Waals surface area contributed by atoms with Crippen LogP contribution in [0.4, 0.5) is 4.79 Å². The number of amides is 1. The van der Waals surface area contributed by atoms with Gasteiger partial charge in [0.1, 0.15) is 18.0 Å². The van der Waals surface area contributed by atoms with Gasteiger partial charge in [-0.25, -0.2) is 4.79 Å². The Hall–Kier alpha value is -1.75. The molecule has 0 bridgehead atoms. The van der Waals surface area contributed by atoms with E-state index in [1.165, 1.54) is 0 Å². The third kappa shape index (κ3) is 4.01. The highest BCUT2D eigenvalue weighted by atomic mass is 79.9. The topological polar surface area (TPSA) is 47.6 Å². The van der Waals surface area contributed by atoms with Crippen molar-refractivity contribution in [2.75, 3.05) is 6.61 Å². The van der Waals surface area contributed by atoms with Crippen LogP contribution in [0.2, 0.25) is 0 Å². The van der Waals surface area contributed by atoms with Gasteiger partial charge in [-0.1, -0.05) is 30.3 Å². The molecule has 2 aromatic carbocycles. The summed E-state index contributed by atoms with van der Waals surface area (Å²) in [5.74, 6) is 0.783. The first-order valence-electron chi connectivity index (χ1n) is 8.09. The van der Waals surface area contributed by atoms with Crippen LogP contribution in [0, 0.1) is 0 Å². The van der Waals surface area contributed by atoms with E-state index in [-0.39, 0.29) is 11.6 Å². The molecule has 1 N–H and O–H groups in total. The average molecular weight is 392 g/mol. The number of ether oxygens (including phenoxy) is 2. The summed E-state index contributed by atoms with van der Waals surface area (Å²) in [5.41, 5.74) is -0.810. The number of rotatable bonds is 4. The third-order valence-electron chi connectivity index (χ3n) is 3.95. The van der Waals surface area contributed by atoms with E-state index >= 15 is 0 Å². The van der Waals surface area contributed by atoms with E-state index in [9.17, 15) is 4.79 Å². The molecular formula is C19H22BrNO3. The summed E-state index contributed by atoms with van der Waals surface area (Å²) in [4.78, 5) is 12.0. The Balaban J connectivity index is 1.65. The van der Waals surface area contributed by atoms with Crippen molar-refractivity contribution in [2.24, 2.45) is 0 Å². The first kappa shape index (κ1) is 17.1. The summed E-state index contributed by atoms with van der Waals surface area (Å²) in [6, 6.07) is 12.1. The van der Waals surface area contributed by atoms with Crippen molar-refractivity contribution in [1.29, 1.82) is 0 Å². The first-order valence-corrected chi connectivity index (χ1v) is 8.89. The van der Waals surface area contributed by atoms with E-state index in [2.05, 4.69) is 33.4 Å². The molecule has 0 unspecified atom stereocenters. The van der Waals surface area contributed by atoms with E-state index in [1.807, 2.05) is 45.0 Å². The number of hydrogen-bond acceptors (Lipinski definition) is 3. The van der Waals surface area contributed by atoms with Crippen LogP contribution in [0.5, 0.6) is 5.75 Å². The first-order chi connectivity index (χ1) is 11.3. The molecule has 0 aromatic heterocycles. The molecule has 0 radical (unpaired) electrons. The number of carbonyl (C=O) groups is 1. The number of benzene rings is 2. The second-order valence-corrected chi connectivity index (χ2v) is 8.09. The van der Waals surface area contributed by atoms with Crippen LogP contribution in [0.25, 0.3) is 10.8 Å². The molecule has 5 heteroatoms. The number of nitrogens with one attached hydrogen (secondary N) is 1. The van der Waals surface area contributed by atoms with Gasteiger partial charge in [-0.05, 0) is 66.4 Å². The quantitative estimate of drug-likeness (QED) is 0.793. The molecule has 3 rings (SSSR count). The van der Waals surface area contributed by atoms with Crippen molar-refractivity contribution in [3.63, 3.8) is 0 Å². The lowest BCUT2D eigenvalue weighted by atomic mass is 10.1. The number of carbonyl (C=O) groups excluding carboxylic acids is 1. The Labute approximate surface area is 150 Å². The zero-order chi connectivity index (χ0) is 17.4. The minimum Gasteiger partial charge on any atom is -0.490 e. The Morgan fingerprint density at radius 1 is 1.21 bits per heavy atom. The Morgan fingerprint density at radius 3 is 2.58 bits per heavy atom. The van der Waals surface area contributed by atoms with Crippen molar-refractivity contribution in [2.45, 2.75) is 44.8 Å². The maximum absolute atomic E-state index is 12.0. The van der Waals surface area contributed by atoms with E-state index in [0.717, 1.165) is 33.8 Å². The maximum atomic E-state index is 12.0. The molecule has 1 amide bonds. The standard InChI is InChI=1S/C19H22BrNO3/c1-18(2,3)24-17(22)21-19(10-11-19)12-23-15-9-8-13-6-4-5-7-14(13)16(15)20/h4-9H,10-12H2,1-3H3,(H,21,22). The summed E-state index contributed by atoms with van der Waals surface area (Å²) in [6.07, 6.45) is 1.41. The molecule has 1 aliphatic carbocycles. The van der Waals surface area contributed by atoms with Crippen molar-refractivity contribution in [1.82, 2.24) is 5.32 Å². The SMILES string of the molecule is CC(C)(C)OC(=O)NC1(COc2ccc3ccccc3c2Br)CC1. The van der Waals surface area contributed by atoms with Crippen LogP contribution < -0.4 is 10.1 Å². The van der Waals surface area contributed by atoms with Crippen LogP contribution in [0.15, 0.2) is 40.9 Å². The lowest BCUT2D eigenvalue weighted by Crippen LogP contribution is -2.44. The lowest BCUT2D eigenvalue weighted by Gasteiger charge is -2.23. The number of fused-ring (bicyclic) bond motifs is 1. The van der Waals surface area contributed by atoms with Crippen molar-refractivity contribution < 1.29 is 14.3 Å². The van der Waals surface area contributed by atoms with E-state index < -0.39 is 5.60 Å². The molecule has 128 valence electrons. The second kappa shape index (κ2) is 6.28. The van der Waals surface area contributed by atoms with Gasteiger partial charge >= 0.3 is 6.09 Å². The molecule has 0 spiro atoms. The molecule has 24 heavy (non-hydrogen) atoms. The predicted octanol–water partition coefficient (Wildman–Crippen LogP) is 5.04.